The van der Waals surface area contributed by atoms with Crippen molar-refractivity contribution in [2.24, 2.45) is 0 Å². The molecule has 112 valence electrons. The maximum absolute atomic E-state index is 6.29. The summed E-state index contributed by atoms with van der Waals surface area (Å²) in [5.74, 6) is 0. The topological polar surface area (TPSA) is 34.0 Å². The van der Waals surface area contributed by atoms with Gasteiger partial charge in [-0.15, -0.1) is 5.10 Å². The van der Waals surface area contributed by atoms with Gasteiger partial charge in [-0.1, -0.05) is 40.5 Å². The van der Waals surface area contributed by atoms with Gasteiger partial charge in [0, 0.05) is 23.1 Å². The summed E-state index contributed by atoms with van der Waals surface area (Å²) in [7, 11) is 0. The van der Waals surface area contributed by atoms with Crippen LogP contribution in [0.3, 0.4) is 0 Å². The smallest absolute Gasteiger partial charge is 0.113 e. The summed E-state index contributed by atoms with van der Waals surface area (Å²) in [6, 6.07) is 11.8. The first kappa shape index (κ1) is 14.0. The Morgan fingerprint density at radius 1 is 1.14 bits per heavy atom. The molecule has 4 nitrogen and oxygen atoms in total. The summed E-state index contributed by atoms with van der Waals surface area (Å²) < 4.78 is 1.94. The highest BCUT2D eigenvalue weighted by Gasteiger charge is 2.20. The lowest BCUT2D eigenvalue weighted by atomic mass is 10.00. The number of hydrogen-bond acceptors (Lipinski definition) is 3. The molecule has 0 saturated heterocycles. The zero-order valence-corrected chi connectivity index (χ0v) is 13.3. The van der Waals surface area contributed by atoms with Gasteiger partial charge in [0.25, 0.3) is 0 Å². The number of halogens is 2. The van der Waals surface area contributed by atoms with Crippen molar-refractivity contribution >= 4 is 34.2 Å². The van der Waals surface area contributed by atoms with Crippen molar-refractivity contribution in [2.45, 2.75) is 19.6 Å². The molecule has 0 aliphatic carbocycles. The summed E-state index contributed by atoms with van der Waals surface area (Å²) in [4.78, 5) is 2.33. The average molecular weight is 333 g/mol. The number of nitrogens with zero attached hydrogens (tertiary/aromatic N) is 4. The molecule has 2 heterocycles. The molecule has 0 bridgehead atoms. The molecule has 0 spiro atoms. The van der Waals surface area contributed by atoms with Gasteiger partial charge in [-0.25, -0.2) is 4.68 Å². The Morgan fingerprint density at radius 3 is 2.91 bits per heavy atom. The van der Waals surface area contributed by atoms with Crippen molar-refractivity contribution in [1.82, 2.24) is 19.9 Å². The molecule has 22 heavy (non-hydrogen) atoms. The van der Waals surface area contributed by atoms with Crippen molar-refractivity contribution < 1.29 is 0 Å². The number of aromatic nitrogens is 3. The maximum atomic E-state index is 6.29. The van der Waals surface area contributed by atoms with Gasteiger partial charge in [0.2, 0.25) is 0 Å². The van der Waals surface area contributed by atoms with E-state index in [4.69, 9.17) is 23.2 Å². The summed E-state index contributed by atoms with van der Waals surface area (Å²) >= 11 is 12.4. The largest absolute Gasteiger partial charge is 0.280 e. The van der Waals surface area contributed by atoms with Crippen molar-refractivity contribution in [3.05, 3.63) is 57.6 Å². The number of hydrogen-bond donors (Lipinski definition) is 0. The monoisotopic (exact) mass is 332 g/mol. The molecule has 2 aromatic carbocycles. The maximum Gasteiger partial charge on any atom is 0.113 e. The lowest BCUT2D eigenvalue weighted by molar-refractivity contribution is 0.191. The first-order valence-electron chi connectivity index (χ1n) is 7.18. The predicted octanol–water partition coefficient (Wildman–Crippen LogP) is 3.75. The molecule has 4 rings (SSSR count). The molecule has 0 fully saturated rings. The Labute approximate surface area is 138 Å². The second kappa shape index (κ2) is 5.54. The highest BCUT2D eigenvalue weighted by Crippen LogP contribution is 2.30. The van der Waals surface area contributed by atoms with Crippen LogP contribution in [0.5, 0.6) is 0 Å². The molecule has 1 aliphatic rings. The van der Waals surface area contributed by atoms with Crippen LogP contribution >= 0.6 is 23.2 Å². The molecule has 0 saturated carbocycles. The third-order valence-electron chi connectivity index (χ3n) is 4.08. The molecule has 0 N–H and O–H groups in total. The molecule has 1 aromatic heterocycles. The van der Waals surface area contributed by atoms with Gasteiger partial charge in [-0.3, -0.25) is 4.90 Å². The van der Waals surface area contributed by atoms with E-state index in [1.165, 1.54) is 11.1 Å². The number of para-hydroxylation sites is 1. The molecule has 0 radical (unpaired) electrons. The van der Waals surface area contributed by atoms with Gasteiger partial charge in [0.15, 0.2) is 0 Å². The van der Waals surface area contributed by atoms with Crippen LogP contribution in [0, 0.1) is 0 Å². The summed E-state index contributed by atoms with van der Waals surface area (Å²) in [6.07, 6.45) is 0.929. The van der Waals surface area contributed by atoms with Crippen molar-refractivity contribution in [3.63, 3.8) is 0 Å². The van der Waals surface area contributed by atoms with Crippen molar-refractivity contribution in [3.8, 4) is 0 Å². The Morgan fingerprint density at radius 2 is 2.00 bits per heavy atom. The fraction of sp³-hybridized carbons (Fsp3) is 0.250. The van der Waals surface area contributed by atoms with Crippen LogP contribution in [0.15, 0.2) is 36.4 Å². The highest BCUT2D eigenvalue weighted by molar-refractivity contribution is 6.35. The van der Waals surface area contributed by atoms with Crippen LogP contribution in [-0.2, 0) is 19.6 Å². The van der Waals surface area contributed by atoms with E-state index >= 15 is 0 Å². The molecule has 3 aromatic rings. The standard InChI is InChI=1S/C16H14Cl2N4/c17-12-7-11-9-21(6-5-13(11)14(18)8-12)10-22-16-4-2-1-3-15(16)19-20-22/h1-4,7-8H,5-6,9-10H2. The summed E-state index contributed by atoms with van der Waals surface area (Å²) in [5.41, 5.74) is 4.39. The summed E-state index contributed by atoms with van der Waals surface area (Å²) in [5, 5.41) is 9.92. The third-order valence-corrected chi connectivity index (χ3v) is 4.63. The van der Waals surface area contributed by atoms with Crippen LogP contribution in [0.25, 0.3) is 11.0 Å². The van der Waals surface area contributed by atoms with E-state index in [0.29, 0.717) is 11.7 Å². The quantitative estimate of drug-likeness (QED) is 0.716. The minimum Gasteiger partial charge on any atom is -0.280 e. The number of rotatable bonds is 2. The van der Waals surface area contributed by atoms with E-state index in [2.05, 4.69) is 15.2 Å². The minimum absolute atomic E-state index is 0.691. The van der Waals surface area contributed by atoms with Gasteiger partial charge in [-0.2, -0.15) is 0 Å². The lowest BCUT2D eigenvalue weighted by Gasteiger charge is -2.29. The van der Waals surface area contributed by atoms with Gasteiger partial charge < -0.3 is 0 Å². The molecule has 0 atom stereocenters. The molecule has 6 heteroatoms. The zero-order valence-electron chi connectivity index (χ0n) is 11.8. The van der Waals surface area contributed by atoms with E-state index in [1.807, 2.05) is 41.1 Å². The van der Waals surface area contributed by atoms with Crippen LogP contribution in [0.1, 0.15) is 11.1 Å². The van der Waals surface area contributed by atoms with Crippen LogP contribution in [0.2, 0.25) is 10.0 Å². The number of benzene rings is 2. The van der Waals surface area contributed by atoms with E-state index in [9.17, 15) is 0 Å². The Hall–Kier alpha value is -1.62. The Balaban J connectivity index is 1.60. The van der Waals surface area contributed by atoms with Crippen molar-refractivity contribution in [2.75, 3.05) is 6.54 Å². The van der Waals surface area contributed by atoms with Gasteiger partial charge >= 0.3 is 0 Å². The van der Waals surface area contributed by atoms with E-state index in [0.717, 1.165) is 35.6 Å². The Bertz CT molecular complexity index is 843. The fourth-order valence-corrected chi connectivity index (χ4v) is 3.63. The van der Waals surface area contributed by atoms with Crippen LogP contribution in [0.4, 0.5) is 0 Å². The highest BCUT2D eigenvalue weighted by atomic mass is 35.5. The van der Waals surface area contributed by atoms with Gasteiger partial charge in [-0.05, 0) is 41.8 Å². The lowest BCUT2D eigenvalue weighted by Crippen LogP contribution is -2.32. The minimum atomic E-state index is 0.691. The predicted molar refractivity (Wildman–Crippen MR) is 88.1 cm³/mol. The third kappa shape index (κ3) is 2.47. The SMILES string of the molecule is Clc1cc(Cl)c2c(c1)CN(Cn1nnc3ccccc31)CC2. The number of fused-ring (bicyclic) bond motifs is 2. The van der Waals surface area contributed by atoms with E-state index in [1.54, 1.807) is 0 Å². The average Bonchev–Trinajstić information content (AvgIpc) is 2.90. The first-order valence-corrected chi connectivity index (χ1v) is 7.94. The van der Waals surface area contributed by atoms with Crippen LogP contribution in [-0.4, -0.2) is 26.4 Å². The first-order chi connectivity index (χ1) is 10.7. The zero-order chi connectivity index (χ0) is 15.1. The fourth-order valence-electron chi connectivity index (χ4n) is 3.00. The van der Waals surface area contributed by atoms with Gasteiger partial charge in [0.1, 0.15) is 5.52 Å². The second-order valence-corrected chi connectivity index (χ2v) is 6.39. The van der Waals surface area contributed by atoms with Crippen molar-refractivity contribution in [1.29, 1.82) is 0 Å². The normalized spacial score (nSPS) is 15.2. The molecular formula is C16H14Cl2N4. The van der Waals surface area contributed by atoms with E-state index in [-0.39, 0.29) is 0 Å². The van der Waals surface area contributed by atoms with E-state index < -0.39 is 0 Å². The summed E-state index contributed by atoms with van der Waals surface area (Å²) in [6.45, 7) is 2.48. The molecule has 0 unspecified atom stereocenters. The van der Waals surface area contributed by atoms with Crippen LogP contribution < -0.4 is 0 Å². The Kier molecular flexibility index (Phi) is 3.53. The molecule has 1 aliphatic heterocycles. The molecular weight excluding hydrogens is 319 g/mol. The van der Waals surface area contributed by atoms with Gasteiger partial charge in [0.05, 0.1) is 12.2 Å². The molecule has 0 amide bonds. The second-order valence-electron chi connectivity index (χ2n) is 5.55.